The molecule has 0 aliphatic heterocycles. The molecule has 1 heterocycles. The van der Waals surface area contributed by atoms with Crippen LogP contribution in [0.3, 0.4) is 0 Å². The van der Waals surface area contributed by atoms with E-state index in [9.17, 15) is 40.3 Å². The summed E-state index contributed by atoms with van der Waals surface area (Å²) in [6.07, 6.45) is -3.02. The van der Waals surface area contributed by atoms with E-state index in [1.54, 1.807) is 0 Å². The maximum atomic E-state index is 13.2. The van der Waals surface area contributed by atoms with E-state index in [1.165, 1.54) is 19.2 Å². The van der Waals surface area contributed by atoms with Crippen LogP contribution in [0.1, 0.15) is 48.7 Å². The standard InChI is InChI=1S/C24H29ClF5N3O5S/c1-13(24(28,29)30)10-14-4-5-16(17(11-14)38-22(26)27)20-18(25)19(32-33(20)2)21(34)31-12-23(35)8-6-15(7-9-23)39(3,36)37/h4-5,11,13,15,22,35H,6-10,12H2,1-3H3,(H,31,34)/t13-,15-,23+/m1/s1. The molecule has 0 spiro atoms. The van der Waals surface area contributed by atoms with Crippen LogP contribution < -0.4 is 10.1 Å². The topological polar surface area (TPSA) is 111 Å². The van der Waals surface area contributed by atoms with Crippen LogP contribution in [-0.4, -0.2) is 65.7 Å². The Hall–Kier alpha value is -2.45. The van der Waals surface area contributed by atoms with Gasteiger partial charge in [0.15, 0.2) is 5.69 Å². The van der Waals surface area contributed by atoms with Gasteiger partial charge in [0.1, 0.15) is 15.6 Å². The number of alkyl halides is 5. The number of aromatic nitrogens is 2. The summed E-state index contributed by atoms with van der Waals surface area (Å²) >= 11 is 6.41. The lowest BCUT2D eigenvalue weighted by Gasteiger charge is -2.35. The number of benzene rings is 1. The Balaban J connectivity index is 1.82. The number of carbonyl (C=O) groups is 1. The van der Waals surface area contributed by atoms with Gasteiger partial charge in [-0.15, -0.1) is 0 Å². The molecule has 0 unspecified atom stereocenters. The lowest BCUT2D eigenvalue weighted by Crippen LogP contribution is -2.47. The predicted molar refractivity (Wildman–Crippen MR) is 134 cm³/mol. The number of sulfone groups is 1. The van der Waals surface area contributed by atoms with Gasteiger partial charge < -0.3 is 15.2 Å². The minimum atomic E-state index is -4.48. The van der Waals surface area contributed by atoms with Crippen LogP contribution in [0, 0.1) is 5.92 Å². The molecule has 1 amide bonds. The number of amides is 1. The molecule has 39 heavy (non-hydrogen) atoms. The molecule has 1 fully saturated rings. The molecule has 1 atom stereocenters. The molecule has 1 aromatic heterocycles. The number of nitrogens with zero attached hydrogens (tertiary/aromatic N) is 2. The SMILES string of the molecule is C[C@H](Cc1ccc(-c2c(Cl)c(C(=O)NC[C@]3(O)CC[C@@H](S(C)(=O)=O)CC3)nn2C)c(OC(F)F)c1)C(F)(F)F. The van der Waals surface area contributed by atoms with Gasteiger partial charge in [-0.05, 0) is 49.8 Å². The third kappa shape index (κ3) is 7.60. The number of hydrogen-bond acceptors (Lipinski definition) is 6. The fourth-order valence-electron chi connectivity index (χ4n) is 4.55. The molecule has 218 valence electrons. The minimum absolute atomic E-state index is 0.0141. The van der Waals surface area contributed by atoms with Crippen LogP contribution in [0.4, 0.5) is 22.0 Å². The number of hydrogen-bond donors (Lipinski definition) is 2. The van der Waals surface area contributed by atoms with Gasteiger partial charge in [0.25, 0.3) is 5.91 Å². The minimum Gasteiger partial charge on any atom is -0.434 e. The van der Waals surface area contributed by atoms with Crippen LogP contribution >= 0.6 is 11.6 Å². The van der Waals surface area contributed by atoms with Gasteiger partial charge in [-0.1, -0.05) is 24.6 Å². The predicted octanol–water partition coefficient (Wildman–Crippen LogP) is 4.53. The normalized spacial score (nSPS) is 21.2. The van der Waals surface area contributed by atoms with Gasteiger partial charge in [0, 0.05) is 25.4 Å². The van der Waals surface area contributed by atoms with Gasteiger partial charge in [-0.2, -0.15) is 27.1 Å². The fraction of sp³-hybridized carbons (Fsp3) is 0.583. The molecule has 2 N–H and O–H groups in total. The Morgan fingerprint density at radius 2 is 1.92 bits per heavy atom. The van der Waals surface area contributed by atoms with E-state index in [4.69, 9.17) is 11.6 Å². The summed E-state index contributed by atoms with van der Waals surface area (Å²) in [5.41, 5.74) is -1.51. The number of rotatable bonds is 9. The van der Waals surface area contributed by atoms with Gasteiger partial charge >= 0.3 is 12.8 Å². The zero-order chi connectivity index (χ0) is 29.3. The molecule has 2 aromatic rings. The first-order chi connectivity index (χ1) is 17.9. The van der Waals surface area contributed by atoms with Crippen molar-refractivity contribution in [2.24, 2.45) is 13.0 Å². The van der Waals surface area contributed by atoms with Crippen LogP contribution in [0.2, 0.25) is 5.02 Å². The van der Waals surface area contributed by atoms with Gasteiger partial charge in [0.05, 0.1) is 27.5 Å². The Kier molecular flexibility index (Phi) is 9.22. The quantitative estimate of drug-likeness (QED) is 0.409. The Labute approximate surface area is 227 Å². The van der Waals surface area contributed by atoms with Crippen molar-refractivity contribution in [2.75, 3.05) is 12.8 Å². The van der Waals surface area contributed by atoms with E-state index < -0.39 is 57.5 Å². The maximum Gasteiger partial charge on any atom is 0.391 e. The number of aliphatic hydroxyl groups is 1. The van der Waals surface area contributed by atoms with E-state index in [1.807, 2.05) is 0 Å². The summed E-state index contributed by atoms with van der Waals surface area (Å²) in [5, 5.41) is 16.6. The zero-order valence-electron chi connectivity index (χ0n) is 21.4. The maximum absolute atomic E-state index is 13.2. The molecule has 1 aliphatic carbocycles. The molecule has 1 aliphatic rings. The average molecular weight is 602 g/mol. The lowest BCUT2D eigenvalue weighted by molar-refractivity contribution is -0.169. The Bertz CT molecular complexity index is 1310. The summed E-state index contributed by atoms with van der Waals surface area (Å²) in [7, 11) is -1.85. The molecule has 0 saturated heterocycles. The molecular weight excluding hydrogens is 573 g/mol. The molecule has 3 rings (SSSR count). The second-order valence-electron chi connectivity index (χ2n) is 9.93. The summed E-state index contributed by atoms with van der Waals surface area (Å²) < 4.78 is 94.5. The second-order valence-corrected chi connectivity index (χ2v) is 12.6. The molecule has 1 saturated carbocycles. The van der Waals surface area contributed by atoms with Crippen molar-refractivity contribution in [2.45, 2.75) is 62.7 Å². The summed E-state index contributed by atoms with van der Waals surface area (Å²) in [6.45, 7) is -2.51. The molecule has 1 aromatic carbocycles. The van der Waals surface area contributed by atoms with Gasteiger partial charge in [0.2, 0.25) is 0 Å². The highest BCUT2D eigenvalue weighted by Crippen LogP contribution is 2.39. The van der Waals surface area contributed by atoms with Crippen molar-refractivity contribution in [1.29, 1.82) is 0 Å². The van der Waals surface area contributed by atoms with E-state index in [0.29, 0.717) is 0 Å². The van der Waals surface area contributed by atoms with Crippen molar-refractivity contribution in [3.63, 3.8) is 0 Å². The van der Waals surface area contributed by atoms with Gasteiger partial charge in [-0.3, -0.25) is 9.48 Å². The van der Waals surface area contributed by atoms with Crippen molar-refractivity contribution >= 4 is 27.3 Å². The fourth-order valence-corrected chi connectivity index (χ4v) is 5.99. The lowest BCUT2D eigenvalue weighted by atomic mass is 9.84. The Morgan fingerprint density at radius 1 is 1.31 bits per heavy atom. The van der Waals surface area contributed by atoms with Crippen molar-refractivity contribution < 1.29 is 45.0 Å². The highest BCUT2D eigenvalue weighted by molar-refractivity contribution is 7.91. The molecular formula is C24H29ClF5N3O5S. The van der Waals surface area contributed by atoms with E-state index >= 15 is 0 Å². The number of halogens is 6. The highest BCUT2D eigenvalue weighted by Gasteiger charge is 2.38. The average Bonchev–Trinajstić information content (AvgIpc) is 3.10. The smallest absolute Gasteiger partial charge is 0.391 e. The molecule has 15 heteroatoms. The van der Waals surface area contributed by atoms with Gasteiger partial charge in [-0.25, -0.2) is 8.42 Å². The summed E-state index contributed by atoms with van der Waals surface area (Å²) in [5.74, 6) is -2.94. The Morgan fingerprint density at radius 3 is 2.46 bits per heavy atom. The third-order valence-electron chi connectivity index (χ3n) is 6.87. The first-order valence-electron chi connectivity index (χ1n) is 12.0. The first-order valence-corrected chi connectivity index (χ1v) is 14.3. The number of carbonyl (C=O) groups excluding carboxylic acids is 1. The second kappa shape index (κ2) is 11.6. The summed E-state index contributed by atoms with van der Waals surface area (Å²) in [4.78, 5) is 12.9. The van der Waals surface area contributed by atoms with Crippen LogP contribution in [0.5, 0.6) is 5.75 Å². The third-order valence-corrected chi connectivity index (χ3v) is 8.91. The van der Waals surface area contributed by atoms with E-state index in [2.05, 4.69) is 15.2 Å². The first kappa shape index (κ1) is 31.1. The van der Waals surface area contributed by atoms with Crippen molar-refractivity contribution in [3.8, 4) is 17.0 Å². The zero-order valence-corrected chi connectivity index (χ0v) is 22.9. The van der Waals surface area contributed by atoms with Crippen LogP contribution in [0.15, 0.2) is 18.2 Å². The van der Waals surface area contributed by atoms with Crippen molar-refractivity contribution in [3.05, 3.63) is 34.5 Å². The summed E-state index contributed by atoms with van der Waals surface area (Å²) in [6, 6.07) is 3.65. The monoisotopic (exact) mass is 601 g/mol. The largest absolute Gasteiger partial charge is 0.434 e. The van der Waals surface area contributed by atoms with E-state index in [-0.39, 0.29) is 59.8 Å². The van der Waals surface area contributed by atoms with Crippen LogP contribution in [-0.2, 0) is 23.3 Å². The number of ether oxygens (including phenoxy) is 1. The van der Waals surface area contributed by atoms with Crippen LogP contribution in [0.25, 0.3) is 11.3 Å². The number of nitrogens with one attached hydrogen (secondary N) is 1. The molecule has 0 bridgehead atoms. The highest BCUT2D eigenvalue weighted by atomic mass is 35.5. The molecule has 0 radical (unpaired) electrons. The molecule has 8 nitrogen and oxygen atoms in total. The number of aryl methyl sites for hydroxylation is 1. The van der Waals surface area contributed by atoms with E-state index in [0.717, 1.165) is 23.9 Å². The van der Waals surface area contributed by atoms with Crippen molar-refractivity contribution in [1.82, 2.24) is 15.1 Å².